The molecule has 6 heteroatoms. The lowest BCUT2D eigenvalue weighted by Gasteiger charge is -2.18. The summed E-state index contributed by atoms with van der Waals surface area (Å²) in [5.41, 5.74) is 3.05. The molecule has 6 nitrogen and oxygen atoms in total. The van der Waals surface area contributed by atoms with Crippen LogP contribution >= 0.6 is 0 Å². The number of carbonyl (C=O) groups excluding carboxylic acids is 1. The topological polar surface area (TPSA) is 71.0 Å². The molecule has 1 aromatic carbocycles. The number of nitrogens with zero attached hydrogens (tertiary/aromatic N) is 4. The van der Waals surface area contributed by atoms with Gasteiger partial charge in [-0.05, 0) is 30.7 Å². The second kappa shape index (κ2) is 8.20. The molecule has 0 atom stereocenters. The maximum absolute atomic E-state index is 12.5. The van der Waals surface area contributed by atoms with E-state index in [1.54, 1.807) is 12.3 Å². The van der Waals surface area contributed by atoms with Crippen molar-refractivity contribution < 1.29 is 4.79 Å². The lowest BCUT2D eigenvalue weighted by Crippen LogP contribution is -2.26. The third-order valence-corrected chi connectivity index (χ3v) is 3.84. The Morgan fingerprint density at radius 3 is 2.58 bits per heavy atom. The molecule has 0 unspecified atom stereocenters. The minimum atomic E-state index is -0.240. The first kappa shape index (κ1) is 17.5. The third kappa shape index (κ3) is 4.63. The van der Waals surface area contributed by atoms with Crippen molar-refractivity contribution in [1.29, 1.82) is 0 Å². The molecule has 0 bridgehead atoms. The Labute approximate surface area is 153 Å². The van der Waals surface area contributed by atoms with Crippen molar-refractivity contribution in [2.45, 2.75) is 20.0 Å². The van der Waals surface area contributed by atoms with Gasteiger partial charge in [0.05, 0.1) is 12.2 Å². The van der Waals surface area contributed by atoms with Gasteiger partial charge in [-0.15, -0.1) is 0 Å². The zero-order valence-electron chi connectivity index (χ0n) is 14.9. The SMILES string of the molecule is Cc1cc(C(=O)NCc2ccccn2)nc(N(C)Cc2ccccc2)n1. The Balaban J connectivity index is 1.71. The first-order valence-electron chi connectivity index (χ1n) is 8.40. The molecule has 0 radical (unpaired) electrons. The first-order valence-corrected chi connectivity index (χ1v) is 8.40. The highest BCUT2D eigenvalue weighted by atomic mass is 16.1. The van der Waals surface area contributed by atoms with Gasteiger partial charge < -0.3 is 10.2 Å². The van der Waals surface area contributed by atoms with Crippen molar-refractivity contribution in [2.75, 3.05) is 11.9 Å². The van der Waals surface area contributed by atoms with Gasteiger partial charge in [-0.25, -0.2) is 9.97 Å². The Morgan fingerprint density at radius 1 is 1.08 bits per heavy atom. The number of aromatic nitrogens is 3. The molecule has 0 aliphatic carbocycles. The highest BCUT2D eigenvalue weighted by Crippen LogP contribution is 2.12. The molecule has 1 amide bonds. The summed E-state index contributed by atoms with van der Waals surface area (Å²) in [6, 6.07) is 17.4. The van der Waals surface area contributed by atoms with Crippen molar-refractivity contribution in [2.24, 2.45) is 0 Å². The van der Waals surface area contributed by atoms with Gasteiger partial charge in [0.1, 0.15) is 5.69 Å². The lowest BCUT2D eigenvalue weighted by atomic mass is 10.2. The van der Waals surface area contributed by atoms with Crippen molar-refractivity contribution in [3.63, 3.8) is 0 Å². The fourth-order valence-corrected chi connectivity index (χ4v) is 2.53. The molecule has 3 rings (SSSR count). The van der Waals surface area contributed by atoms with Crippen molar-refractivity contribution in [3.8, 4) is 0 Å². The molecular weight excluding hydrogens is 326 g/mol. The number of aryl methyl sites for hydroxylation is 1. The molecule has 132 valence electrons. The highest BCUT2D eigenvalue weighted by Gasteiger charge is 2.13. The molecular formula is C20H21N5O. The van der Waals surface area contributed by atoms with Crippen LogP contribution in [0.4, 0.5) is 5.95 Å². The smallest absolute Gasteiger partial charge is 0.270 e. The predicted octanol–water partition coefficient (Wildman–Crippen LogP) is 2.75. The first-order chi connectivity index (χ1) is 12.6. The fraction of sp³-hybridized carbons (Fsp3) is 0.200. The van der Waals surface area contributed by atoms with E-state index in [4.69, 9.17) is 0 Å². The summed E-state index contributed by atoms with van der Waals surface area (Å²) in [5.74, 6) is 0.285. The van der Waals surface area contributed by atoms with Crippen molar-refractivity contribution in [1.82, 2.24) is 20.3 Å². The van der Waals surface area contributed by atoms with Crippen LogP contribution in [0.1, 0.15) is 27.4 Å². The van der Waals surface area contributed by atoms with Crippen LogP contribution in [-0.2, 0) is 13.1 Å². The van der Waals surface area contributed by atoms with E-state index in [2.05, 4.69) is 20.3 Å². The molecule has 1 N–H and O–H groups in total. The summed E-state index contributed by atoms with van der Waals surface area (Å²) < 4.78 is 0. The summed E-state index contributed by atoms with van der Waals surface area (Å²) in [7, 11) is 1.91. The van der Waals surface area contributed by atoms with Gasteiger partial charge in [0.25, 0.3) is 5.91 Å². The molecule has 0 saturated carbocycles. The minimum Gasteiger partial charge on any atom is -0.345 e. The molecule has 2 heterocycles. The van der Waals surface area contributed by atoms with Gasteiger partial charge >= 0.3 is 0 Å². The molecule has 0 aliphatic rings. The van der Waals surface area contributed by atoms with E-state index < -0.39 is 0 Å². The number of pyridine rings is 1. The number of hydrogen-bond donors (Lipinski definition) is 1. The van der Waals surface area contributed by atoms with E-state index in [9.17, 15) is 4.79 Å². The second-order valence-corrected chi connectivity index (χ2v) is 6.04. The number of amides is 1. The number of benzene rings is 1. The minimum absolute atomic E-state index is 0.240. The van der Waals surface area contributed by atoms with Gasteiger partial charge in [-0.2, -0.15) is 0 Å². The van der Waals surface area contributed by atoms with Gasteiger partial charge in [-0.1, -0.05) is 36.4 Å². The lowest BCUT2D eigenvalue weighted by molar-refractivity contribution is 0.0945. The Bertz CT molecular complexity index is 868. The van der Waals surface area contributed by atoms with E-state index in [1.807, 2.05) is 67.4 Å². The maximum Gasteiger partial charge on any atom is 0.270 e. The highest BCUT2D eigenvalue weighted by molar-refractivity contribution is 5.92. The third-order valence-electron chi connectivity index (χ3n) is 3.84. The average Bonchev–Trinajstić information content (AvgIpc) is 2.67. The standard InChI is InChI=1S/C20H21N5O/c1-15-12-18(19(26)22-13-17-10-6-7-11-21-17)24-20(23-15)25(2)14-16-8-4-3-5-9-16/h3-12H,13-14H2,1-2H3,(H,22,26). The molecule has 2 aromatic heterocycles. The Morgan fingerprint density at radius 2 is 1.85 bits per heavy atom. The predicted molar refractivity (Wildman–Crippen MR) is 101 cm³/mol. The van der Waals surface area contributed by atoms with E-state index in [0.29, 0.717) is 24.7 Å². The summed E-state index contributed by atoms with van der Waals surface area (Å²) >= 11 is 0. The molecule has 0 fully saturated rings. The number of rotatable bonds is 6. The van der Waals surface area contributed by atoms with Crippen LogP contribution in [0.3, 0.4) is 0 Å². The van der Waals surface area contributed by atoms with Gasteiger partial charge in [-0.3, -0.25) is 9.78 Å². The largest absolute Gasteiger partial charge is 0.345 e. The molecule has 0 spiro atoms. The Hall–Kier alpha value is -3.28. The van der Waals surface area contributed by atoms with Gasteiger partial charge in [0.2, 0.25) is 5.95 Å². The number of hydrogen-bond acceptors (Lipinski definition) is 5. The summed E-state index contributed by atoms with van der Waals surface area (Å²) in [4.78, 5) is 27.5. The van der Waals surface area contributed by atoms with Crippen LogP contribution < -0.4 is 10.2 Å². The molecule has 0 saturated heterocycles. The monoisotopic (exact) mass is 347 g/mol. The molecule has 3 aromatic rings. The van der Waals surface area contributed by atoms with Crippen molar-refractivity contribution >= 4 is 11.9 Å². The quantitative estimate of drug-likeness (QED) is 0.742. The van der Waals surface area contributed by atoms with E-state index >= 15 is 0 Å². The second-order valence-electron chi connectivity index (χ2n) is 6.04. The summed E-state index contributed by atoms with van der Waals surface area (Å²) in [6.07, 6.45) is 1.70. The van der Waals surface area contributed by atoms with Crippen LogP contribution in [-0.4, -0.2) is 27.9 Å². The number of carbonyl (C=O) groups is 1. The van der Waals surface area contributed by atoms with E-state index in [0.717, 1.165) is 17.0 Å². The summed E-state index contributed by atoms with van der Waals surface area (Å²) in [6.45, 7) is 2.88. The maximum atomic E-state index is 12.5. The zero-order valence-corrected chi connectivity index (χ0v) is 14.9. The van der Waals surface area contributed by atoms with Gasteiger partial charge in [0.15, 0.2) is 0 Å². The van der Waals surface area contributed by atoms with Crippen LogP contribution in [0.15, 0.2) is 60.8 Å². The molecule has 26 heavy (non-hydrogen) atoms. The van der Waals surface area contributed by atoms with Gasteiger partial charge in [0, 0.05) is 25.5 Å². The van der Waals surface area contributed by atoms with E-state index in [-0.39, 0.29) is 5.91 Å². The van der Waals surface area contributed by atoms with E-state index in [1.165, 1.54) is 0 Å². The van der Waals surface area contributed by atoms with Crippen LogP contribution in [0.5, 0.6) is 0 Å². The van der Waals surface area contributed by atoms with Crippen molar-refractivity contribution in [3.05, 3.63) is 83.4 Å². The fourth-order valence-electron chi connectivity index (χ4n) is 2.53. The normalized spacial score (nSPS) is 10.4. The number of nitrogens with one attached hydrogen (secondary N) is 1. The van der Waals surface area contributed by atoms with Crippen LogP contribution in [0.2, 0.25) is 0 Å². The summed E-state index contributed by atoms with van der Waals surface area (Å²) in [5, 5.41) is 2.85. The zero-order chi connectivity index (χ0) is 18.4. The average molecular weight is 347 g/mol. The molecule has 0 aliphatic heterocycles. The van der Waals surface area contributed by atoms with Crippen LogP contribution in [0, 0.1) is 6.92 Å². The number of anilines is 1. The van der Waals surface area contributed by atoms with Crippen LogP contribution in [0.25, 0.3) is 0 Å². The Kier molecular flexibility index (Phi) is 5.53.